The number of amides is 3. The minimum absolute atomic E-state index is 0.139. The van der Waals surface area contributed by atoms with Gasteiger partial charge in [0.1, 0.15) is 5.70 Å². The van der Waals surface area contributed by atoms with Gasteiger partial charge in [-0.1, -0.05) is 13.0 Å². The van der Waals surface area contributed by atoms with E-state index in [1.165, 1.54) is 11.3 Å². The van der Waals surface area contributed by atoms with Crippen molar-refractivity contribution in [2.45, 2.75) is 45.6 Å². The molecule has 23 heavy (non-hydrogen) atoms. The fraction of sp³-hybridized carbons (Fsp3) is 0.444. The Morgan fingerprint density at radius 2 is 2.04 bits per heavy atom. The number of nitrogens with zero attached hydrogens (tertiary/aromatic N) is 1. The number of benzene rings is 1. The highest BCUT2D eigenvalue weighted by atomic mass is 16.2. The minimum atomic E-state index is -0.466. The van der Waals surface area contributed by atoms with Gasteiger partial charge >= 0.3 is 6.03 Å². The number of nitrogens with one attached hydrogen (secondary N) is 2. The van der Waals surface area contributed by atoms with Crippen LogP contribution in [0.15, 0.2) is 23.9 Å². The van der Waals surface area contributed by atoms with Gasteiger partial charge in [0, 0.05) is 17.8 Å². The van der Waals surface area contributed by atoms with Gasteiger partial charge in [-0.3, -0.25) is 10.1 Å². The van der Waals surface area contributed by atoms with E-state index in [0.717, 1.165) is 18.5 Å². The van der Waals surface area contributed by atoms with Crippen molar-refractivity contribution in [1.82, 2.24) is 10.6 Å². The molecule has 1 saturated heterocycles. The summed E-state index contributed by atoms with van der Waals surface area (Å²) in [6.07, 6.45) is 2.81. The zero-order valence-corrected chi connectivity index (χ0v) is 14.1. The fourth-order valence-electron chi connectivity index (χ4n) is 3.85. The van der Waals surface area contributed by atoms with Crippen molar-refractivity contribution in [3.8, 4) is 0 Å². The van der Waals surface area contributed by atoms with Gasteiger partial charge in [0.05, 0.1) is 0 Å². The van der Waals surface area contributed by atoms with Crippen LogP contribution in [-0.4, -0.2) is 24.0 Å². The average Bonchev–Trinajstić information content (AvgIpc) is 2.77. The predicted octanol–water partition coefficient (Wildman–Crippen LogP) is 2.98. The van der Waals surface area contributed by atoms with Crippen LogP contribution in [0.5, 0.6) is 0 Å². The molecule has 2 aliphatic heterocycles. The molecule has 0 aliphatic carbocycles. The zero-order valence-electron chi connectivity index (χ0n) is 14.1. The maximum Gasteiger partial charge on any atom is 0.326 e. The quantitative estimate of drug-likeness (QED) is 0.652. The minimum Gasteiger partial charge on any atom is -0.366 e. The summed E-state index contributed by atoms with van der Waals surface area (Å²) in [7, 11) is 0. The predicted molar refractivity (Wildman–Crippen MR) is 91.2 cm³/mol. The number of carbonyl (C=O) groups is 2. The third-order valence-electron chi connectivity index (χ3n) is 4.76. The molecule has 0 aromatic heterocycles. The van der Waals surface area contributed by atoms with Crippen LogP contribution in [-0.2, 0) is 4.79 Å². The van der Waals surface area contributed by atoms with E-state index in [2.05, 4.69) is 55.4 Å². The van der Waals surface area contributed by atoms with Crippen molar-refractivity contribution < 1.29 is 9.59 Å². The van der Waals surface area contributed by atoms with E-state index >= 15 is 0 Å². The van der Waals surface area contributed by atoms with Crippen LogP contribution in [0.1, 0.15) is 51.2 Å². The lowest BCUT2D eigenvalue weighted by Gasteiger charge is -2.47. The Kier molecular flexibility index (Phi) is 3.66. The van der Waals surface area contributed by atoms with Gasteiger partial charge < -0.3 is 10.2 Å². The van der Waals surface area contributed by atoms with Crippen molar-refractivity contribution in [3.05, 3.63) is 35.0 Å². The van der Waals surface area contributed by atoms with Crippen LogP contribution in [0.3, 0.4) is 0 Å². The summed E-state index contributed by atoms with van der Waals surface area (Å²) in [5.41, 5.74) is 3.92. The number of hydrogen-bond donors (Lipinski definition) is 2. The highest BCUT2D eigenvalue weighted by Gasteiger charge is 2.35. The van der Waals surface area contributed by atoms with Gasteiger partial charge in [0.15, 0.2) is 0 Å². The Morgan fingerprint density at radius 3 is 2.65 bits per heavy atom. The number of imide groups is 1. The lowest BCUT2D eigenvalue weighted by molar-refractivity contribution is -0.115. The van der Waals surface area contributed by atoms with Crippen LogP contribution in [0.2, 0.25) is 0 Å². The van der Waals surface area contributed by atoms with Gasteiger partial charge in [-0.05, 0) is 62.4 Å². The SMILES string of the molecule is CCN1c2ccc(/C=C3/NC(=O)NC3=O)cc2[C@@H](C)CC1(C)C. The van der Waals surface area contributed by atoms with Crippen molar-refractivity contribution in [2.24, 2.45) is 0 Å². The van der Waals surface area contributed by atoms with E-state index in [0.29, 0.717) is 11.6 Å². The molecule has 122 valence electrons. The lowest BCUT2D eigenvalue weighted by Crippen LogP contribution is -2.48. The van der Waals surface area contributed by atoms with Crippen molar-refractivity contribution in [1.29, 1.82) is 0 Å². The first-order valence-electron chi connectivity index (χ1n) is 8.07. The Morgan fingerprint density at radius 1 is 1.30 bits per heavy atom. The molecule has 2 heterocycles. The fourth-order valence-corrected chi connectivity index (χ4v) is 3.85. The number of carbonyl (C=O) groups excluding carboxylic acids is 2. The molecule has 0 radical (unpaired) electrons. The molecule has 0 bridgehead atoms. The molecule has 5 nitrogen and oxygen atoms in total. The largest absolute Gasteiger partial charge is 0.366 e. The average molecular weight is 313 g/mol. The molecule has 1 fully saturated rings. The summed E-state index contributed by atoms with van der Waals surface area (Å²) >= 11 is 0. The van der Waals surface area contributed by atoms with Gasteiger partial charge in [0.25, 0.3) is 5.91 Å². The van der Waals surface area contributed by atoms with Crippen LogP contribution in [0.25, 0.3) is 6.08 Å². The highest BCUT2D eigenvalue weighted by molar-refractivity contribution is 6.14. The lowest BCUT2D eigenvalue weighted by atomic mass is 9.79. The Hall–Kier alpha value is -2.30. The molecule has 1 atom stereocenters. The van der Waals surface area contributed by atoms with Crippen molar-refractivity contribution in [2.75, 3.05) is 11.4 Å². The maximum atomic E-state index is 11.7. The molecule has 0 saturated carbocycles. The first kappa shape index (κ1) is 15.6. The summed E-state index contributed by atoms with van der Waals surface area (Å²) in [6.45, 7) is 9.95. The first-order valence-corrected chi connectivity index (χ1v) is 8.07. The molecule has 1 aromatic carbocycles. The monoisotopic (exact) mass is 313 g/mol. The van der Waals surface area contributed by atoms with E-state index in [4.69, 9.17) is 0 Å². The maximum absolute atomic E-state index is 11.7. The molecule has 0 unspecified atom stereocenters. The summed E-state index contributed by atoms with van der Waals surface area (Å²) < 4.78 is 0. The first-order chi connectivity index (χ1) is 10.8. The number of hydrogen-bond acceptors (Lipinski definition) is 3. The second kappa shape index (κ2) is 5.41. The number of anilines is 1. The standard InChI is InChI=1S/C18H23N3O2/c1-5-21-15-7-6-12(9-14-16(22)20-17(23)19-14)8-13(15)11(2)10-18(21,3)4/h6-9,11H,5,10H2,1-4H3,(H2,19,20,22,23)/b14-9+/t11-/m0/s1. The topological polar surface area (TPSA) is 61.4 Å². The molecule has 2 aliphatic rings. The molecule has 0 spiro atoms. The third-order valence-corrected chi connectivity index (χ3v) is 4.76. The van der Waals surface area contributed by atoms with Crippen LogP contribution in [0, 0.1) is 0 Å². The van der Waals surface area contributed by atoms with E-state index in [1.807, 2.05) is 6.07 Å². The van der Waals surface area contributed by atoms with Gasteiger partial charge in [-0.25, -0.2) is 4.79 Å². The summed E-state index contributed by atoms with van der Waals surface area (Å²) in [5.74, 6) is 0.0743. The third kappa shape index (κ3) is 2.71. The molecule has 1 aromatic rings. The zero-order chi connectivity index (χ0) is 16.8. The molecular weight excluding hydrogens is 290 g/mol. The van der Waals surface area contributed by atoms with Crippen molar-refractivity contribution >= 4 is 23.7 Å². The number of urea groups is 1. The van der Waals surface area contributed by atoms with Gasteiger partial charge in [-0.2, -0.15) is 0 Å². The smallest absolute Gasteiger partial charge is 0.326 e. The normalized spacial score (nSPS) is 24.4. The van der Waals surface area contributed by atoms with E-state index in [9.17, 15) is 9.59 Å². The van der Waals surface area contributed by atoms with E-state index < -0.39 is 6.03 Å². The van der Waals surface area contributed by atoms with E-state index in [1.54, 1.807) is 6.08 Å². The van der Waals surface area contributed by atoms with Crippen LogP contribution in [0.4, 0.5) is 10.5 Å². The van der Waals surface area contributed by atoms with Gasteiger partial charge in [-0.15, -0.1) is 0 Å². The van der Waals surface area contributed by atoms with Crippen LogP contribution >= 0.6 is 0 Å². The summed E-state index contributed by atoms with van der Waals surface area (Å²) in [5, 5.41) is 4.75. The summed E-state index contributed by atoms with van der Waals surface area (Å²) in [6, 6.07) is 5.78. The molecule has 2 N–H and O–H groups in total. The Balaban J connectivity index is 2.00. The molecule has 3 rings (SSSR count). The molecular formula is C18H23N3O2. The second-order valence-corrected chi connectivity index (χ2v) is 6.95. The Bertz CT molecular complexity index is 706. The number of rotatable bonds is 2. The summed E-state index contributed by atoms with van der Waals surface area (Å²) in [4.78, 5) is 25.3. The Labute approximate surface area is 136 Å². The molecule has 5 heteroatoms. The molecule has 3 amide bonds. The second-order valence-electron chi connectivity index (χ2n) is 6.95. The van der Waals surface area contributed by atoms with Crippen molar-refractivity contribution in [3.63, 3.8) is 0 Å². The van der Waals surface area contributed by atoms with E-state index in [-0.39, 0.29) is 11.4 Å². The van der Waals surface area contributed by atoms with Crippen LogP contribution < -0.4 is 15.5 Å². The highest BCUT2D eigenvalue weighted by Crippen LogP contribution is 2.43. The van der Waals surface area contributed by atoms with Gasteiger partial charge in [0.2, 0.25) is 0 Å². The number of fused-ring (bicyclic) bond motifs is 1.